The molecule has 10 heteroatoms. The highest BCUT2D eigenvalue weighted by molar-refractivity contribution is 6.01. The molecule has 2 unspecified atom stereocenters. The first-order valence-corrected chi connectivity index (χ1v) is 22.2. The molecule has 10 nitrogen and oxygen atoms in total. The molecule has 2 aromatic carbocycles. The third-order valence-electron chi connectivity index (χ3n) is 14.3. The van der Waals surface area contributed by atoms with Crippen LogP contribution in [0.4, 0.5) is 11.4 Å². The van der Waals surface area contributed by atoms with Crippen molar-refractivity contribution >= 4 is 34.5 Å². The predicted octanol–water partition coefficient (Wildman–Crippen LogP) is 8.52. The molecular formula is C50H56N4O6. The summed E-state index contributed by atoms with van der Waals surface area (Å²) in [4.78, 5) is 60.6. The van der Waals surface area contributed by atoms with E-state index in [-0.39, 0.29) is 35.0 Å². The van der Waals surface area contributed by atoms with E-state index >= 15 is 0 Å². The highest BCUT2D eigenvalue weighted by atomic mass is 16.5. The van der Waals surface area contributed by atoms with E-state index in [2.05, 4.69) is 60.9 Å². The van der Waals surface area contributed by atoms with Crippen LogP contribution in [0.15, 0.2) is 60.7 Å². The molecule has 6 aliphatic rings. The fraction of sp³-hybridized carbons (Fsp3) is 0.480. The van der Waals surface area contributed by atoms with Crippen molar-refractivity contribution < 1.29 is 28.7 Å². The Morgan fingerprint density at radius 2 is 1.00 bits per heavy atom. The third kappa shape index (κ3) is 7.84. The zero-order valence-electron chi connectivity index (χ0n) is 35.2. The first-order chi connectivity index (χ1) is 29.1. The van der Waals surface area contributed by atoms with Gasteiger partial charge in [0, 0.05) is 84.5 Å². The summed E-state index contributed by atoms with van der Waals surface area (Å²) in [5.74, 6) is 3.30. The van der Waals surface area contributed by atoms with Crippen molar-refractivity contribution in [2.75, 3.05) is 50.2 Å². The molecule has 4 aliphatic heterocycles. The summed E-state index contributed by atoms with van der Waals surface area (Å²) in [6.45, 7) is 12.9. The lowest BCUT2D eigenvalue weighted by Crippen LogP contribution is -2.12. The average molecular weight is 809 g/mol. The van der Waals surface area contributed by atoms with Crippen molar-refractivity contribution in [2.45, 2.75) is 78.1 Å². The fourth-order valence-corrected chi connectivity index (χ4v) is 10.4. The van der Waals surface area contributed by atoms with Crippen LogP contribution in [0.5, 0.6) is 0 Å². The molecule has 6 heterocycles. The number of ether oxygens (including phenoxy) is 2. The molecular weight excluding hydrogens is 753 g/mol. The molecule has 4 fully saturated rings. The highest BCUT2D eigenvalue weighted by Crippen LogP contribution is 2.54. The van der Waals surface area contributed by atoms with E-state index in [1.165, 1.54) is 33.6 Å². The van der Waals surface area contributed by atoms with Gasteiger partial charge in [-0.3, -0.25) is 19.2 Å². The van der Waals surface area contributed by atoms with Crippen LogP contribution < -0.4 is 10.6 Å². The normalized spacial score (nSPS) is 24.7. The molecule has 4 aromatic rings. The Morgan fingerprint density at radius 3 is 1.38 bits per heavy atom. The number of Topliss-reactive ketones (excluding diaryl/α,β-unsaturated/α-hetero) is 4. The van der Waals surface area contributed by atoms with Gasteiger partial charge in [-0.25, -0.2) is 9.97 Å². The molecule has 0 spiro atoms. The monoisotopic (exact) mass is 808 g/mol. The number of carbonyl (C=O) groups excluding carboxylic acids is 4. The van der Waals surface area contributed by atoms with Crippen molar-refractivity contribution in [1.82, 2.24) is 9.97 Å². The number of hydrogen-bond acceptors (Lipinski definition) is 10. The number of aromatic nitrogens is 2. The number of rotatable bonds is 14. The van der Waals surface area contributed by atoms with Gasteiger partial charge in [-0.15, -0.1) is 0 Å². The Kier molecular flexibility index (Phi) is 11.3. The second-order valence-electron chi connectivity index (χ2n) is 17.7. The minimum atomic E-state index is -0.0188. The lowest BCUT2D eigenvalue weighted by atomic mass is 9.90. The summed E-state index contributed by atoms with van der Waals surface area (Å²) in [5, 5.41) is 6.85. The van der Waals surface area contributed by atoms with Crippen LogP contribution in [0.3, 0.4) is 0 Å². The molecule has 0 radical (unpaired) electrons. The van der Waals surface area contributed by atoms with Crippen LogP contribution in [-0.2, 0) is 22.3 Å². The van der Waals surface area contributed by atoms with E-state index in [1.54, 1.807) is 12.1 Å². The summed E-state index contributed by atoms with van der Waals surface area (Å²) in [7, 11) is 0. The highest BCUT2D eigenvalue weighted by Gasteiger charge is 2.55. The van der Waals surface area contributed by atoms with Crippen molar-refractivity contribution in [2.24, 2.45) is 35.5 Å². The first-order valence-electron chi connectivity index (χ1n) is 22.2. The third-order valence-corrected chi connectivity index (χ3v) is 14.3. The molecule has 2 aromatic heterocycles. The second-order valence-corrected chi connectivity index (χ2v) is 17.7. The number of carbonyl (C=O) groups is 4. The summed E-state index contributed by atoms with van der Waals surface area (Å²) >= 11 is 0. The predicted molar refractivity (Wildman–Crippen MR) is 230 cm³/mol. The Hall–Kier alpha value is -5.06. The lowest BCUT2D eigenvalue weighted by Gasteiger charge is -2.17. The fourth-order valence-electron chi connectivity index (χ4n) is 10.4. The molecule has 312 valence electrons. The number of pyridine rings is 2. The second kappa shape index (κ2) is 16.8. The van der Waals surface area contributed by atoms with Gasteiger partial charge < -0.3 is 20.1 Å². The molecule has 2 N–H and O–H groups in total. The minimum absolute atomic E-state index is 0.0183. The summed E-state index contributed by atoms with van der Waals surface area (Å²) in [6.07, 6.45) is 3.83. The van der Waals surface area contributed by atoms with E-state index in [0.717, 1.165) is 63.7 Å². The van der Waals surface area contributed by atoms with Gasteiger partial charge in [0.15, 0.2) is 23.1 Å². The zero-order valence-corrected chi connectivity index (χ0v) is 35.2. The maximum atomic E-state index is 13.1. The minimum Gasteiger partial charge on any atom is -0.384 e. The van der Waals surface area contributed by atoms with Gasteiger partial charge in [-0.2, -0.15) is 0 Å². The van der Waals surface area contributed by atoms with E-state index in [1.807, 2.05) is 26.0 Å². The summed E-state index contributed by atoms with van der Waals surface area (Å²) in [6, 6.07) is 19.8. The lowest BCUT2D eigenvalue weighted by molar-refractivity contribution is 0.0940. The van der Waals surface area contributed by atoms with Crippen molar-refractivity contribution in [3.8, 4) is 0 Å². The van der Waals surface area contributed by atoms with Crippen LogP contribution in [-0.4, -0.2) is 72.6 Å². The maximum absolute atomic E-state index is 13.1. The SMILES string of the molecule is CCC(=O)c1cc(C(=O)CC2[C@H]3COC[C@@H]23)cc([C@@H](C)c2cccc3c2CCN3)n1.CCC(=O)c1cc(C(=O)CC2[C@H]3COC[C@@H]23)cc([C@H](C)c2cccc3c2CCN3)n1. The van der Waals surface area contributed by atoms with Gasteiger partial charge in [-0.05, 0) is 107 Å². The van der Waals surface area contributed by atoms with E-state index in [9.17, 15) is 19.2 Å². The zero-order chi connectivity index (χ0) is 41.7. The van der Waals surface area contributed by atoms with Gasteiger partial charge >= 0.3 is 0 Å². The number of ketones is 4. The summed E-state index contributed by atoms with van der Waals surface area (Å²) in [5.41, 5.74) is 11.1. The number of anilines is 2. The number of hydrogen-bond donors (Lipinski definition) is 2. The van der Waals surface area contributed by atoms with Gasteiger partial charge in [0.2, 0.25) is 0 Å². The summed E-state index contributed by atoms with van der Waals surface area (Å²) < 4.78 is 10.9. The Labute approximate surface area is 352 Å². The number of nitrogens with one attached hydrogen (secondary N) is 2. The smallest absolute Gasteiger partial charge is 0.180 e. The van der Waals surface area contributed by atoms with Gasteiger partial charge in [0.05, 0.1) is 26.4 Å². The van der Waals surface area contributed by atoms with Crippen LogP contribution in [0, 0.1) is 35.5 Å². The van der Waals surface area contributed by atoms with Crippen molar-refractivity contribution in [3.63, 3.8) is 0 Å². The van der Waals surface area contributed by atoms with Gasteiger partial charge in [-0.1, -0.05) is 52.0 Å². The average Bonchev–Trinajstić information content (AvgIpc) is 3.78. The molecule has 2 saturated heterocycles. The Morgan fingerprint density at radius 1 is 0.600 bits per heavy atom. The molecule has 2 aliphatic carbocycles. The Bertz CT molecular complexity index is 2170. The molecule has 10 rings (SSSR count). The van der Waals surface area contributed by atoms with E-state index in [4.69, 9.17) is 19.4 Å². The molecule has 0 bridgehead atoms. The van der Waals surface area contributed by atoms with Crippen molar-refractivity contribution in [1.29, 1.82) is 0 Å². The van der Waals surface area contributed by atoms with Crippen LogP contribution in [0.1, 0.15) is 141 Å². The number of nitrogens with zero attached hydrogens (tertiary/aromatic N) is 2. The molecule has 2 saturated carbocycles. The molecule has 60 heavy (non-hydrogen) atoms. The maximum Gasteiger partial charge on any atom is 0.180 e. The molecule has 8 atom stereocenters. The Balaban J connectivity index is 0.000000154. The quantitative estimate of drug-likeness (QED) is 0.119. The topological polar surface area (TPSA) is 137 Å². The van der Waals surface area contributed by atoms with Gasteiger partial charge in [0.1, 0.15) is 11.4 Å². The van der Waals surface area contributed by atoms with Crippen LogP contribution >= 0.6 is 0 Å². The largest absolute Gasteiger partial charge is 0.384 e. The van der Waals surface area contributed by atoms with E-state index in [0.29, 0.717) is 83.7 Å². The number of benzene rings is 2. The van der Waals surface area contributed by atoms with Crippen molar-refractivity contribution in [3.05, 3.63) is 117 Å². The first kappa shape index (κ1) is 40.4. The van der Waals surface area contributed by atoms with Gasteiger partial charge in [0.25, 0.3) is 0 Å². The van der Waals surface area contributed by atoms with Crippen LogP contribution in [0.2, 0.25) is 0 Å². The van der Waals surface area contributed by atoms with Crippen LogP contribution in [0.25, 0.3) is 0 Å². The number of fused-ring (bicyclic) bond motifs is 4. The molecule has 0 amide bonds. The van der Waals surface area contributed by atoms with E-state index < -0.39 is 0 Å². The standard InChI is InChI=1S/2C25H28N2O3/c2*1-3-24(28)23-10-15(25(29)11-18-19-12-30-13-20(18)19)9-22(27-23)14(2)16-5-4-6-21-17(16)7-8-26-21/h2*4-6,9-10,14,18-20,26H,3,7-8,11-13H2,1-2H3/t2*14-,18?,19-,20+/m10/s1.